The van der Waals surface area contributed by atoms with Crippen molar-refractivity contribution >= 4 is 6.29 Å². The lowest BCUT2D eigenvalue weighted by atomic mass is 10.0. The number of aldehydes is 1. The molecule has 5 nitrogen and oxygen atoms in total. The lowest BCUT2D eigenvalue weighted by Gasteiger charge is -2.22. The fourth-order valence-electron chi connectivity index (χ4n) is 3.85. The van der Waals surface area contributed by atoms with Crippen molar-refractivity contribution in [3.63, 3.8) is 0 Å². The second-order valence-electron chi connectivity index (χ2n) is 8.10. The van der Waals surface area contributed by atoms with Gasteiger partial charge in [-0.1, -0.05) is 91.0 Å². The van der Waals surface area contributed by atoms with E-state index in [0.717, 1.165) is 23.0 Å². The highest BCUT2D eigenvalue weighted by Crippen LogP contribution is 2.36. The Bertz CT molecular complexity index is 1170. The van der Waals surface area contributed by atoms with E-state index < -0.39 is 12.2 Å². The molecule has 1 aromatic heterocycles. The summed E-state index contributed by atoms with van der Waals surface area (Å²) in [6.45, 7) is 2.47. The molecule has 0 unspecified atom stereocenters. The summed E-state index contributed by atoms with van der Waals surface area (Å²) in [7, 11) is 0. The molecule has 174 valence electrons. The van der Waals surface area contributed by atoms with Crippen molar-refractivity contribution in [2.75, 3.05) is 6.61 Å². The van der Waals surface area contributed by atoms with Gasteiger partial charge in [-0.05, 0) is 18.1 Å². The number of aliphatic hydroxyl groups is 1. The third-order valence-electron chi connectivity index (χ3n) is 5.66. The van der Waals surface area contributed by atoms with Gasteiger partial charge in [0.15, 0.2) is 6.29 Å². The Kier molecular flexibility index (Phi) is 8.04. The van der Waals surface area contributed by atoms with E-state index in [0.29, 0.717) is 29.3 Å². The van der Waals surface area contributed by atoms with Crippen LogP contribution >= 0.6 is 0 Å². The van der Waals surface area contributed by atoms with E-state index in [9.17, 15) is 9.90 Å². The van der Waals surface area contributed by atoms with Crippen molar-refractivity contribution in [3.8, 4) is 11.3 Å². The van der Waals surface area contributed by atoms with Crippen LogP contribution < -0.4 is 0 Å². The quantitative estimate of drug-likeness (QED) is 0.285. The van der Waals surface area contributed by atoms with Crippen LogP contribution in [0.3, 0.4) is 0 Å². The Morgan fingerprint density at radius 1 is 0.853 bits per heavy atom. The number of carbonyl (C=O) groups is 1. The predicted octanol–water partition coefficient (Wildman–Crippen LogP) is 5.90. The number of hydrogen-bond donors (Lipinski definition) is 1. The molecule has 3 aromatic carbocycles. The van der Waals surface area contributed by atoms with Gasteiger partial charge in [0.1, 0.15) is 23.7 Å². The largest absolute Gasteiger partial charge is 0.457 e. The molecule has 0 saturated heterocycles. The molecule has 0 aliphatic carbocycles. The maximum atomic E-state index is 12.1. The predicted molar refractivity (Wildman–Crippen MR) is 130 cm³/mol. The van der Waals surface area contributed by atoms with Crippen LogP contribution in [-0.4, -0.2) is 24.1 Å². The zero-order valence-electron chi connectivity index (χ0n) is 19.1. The molecule has 2 atom stereocenters. The summed E-state index contributed by atoms with van der Waals surface area (Å²) >= 11 is 0. The maximum Gasteiger partial charge on any atom is 0.153 e. The van der Waals surface area contributed by atoms with Crippen molar-refractivity contribution in [1.82, 2.24) is 0 Å². The zero-order valence-corrected chi connectivity index (χ0v) is 19.1. The Balaban J connectivity index is 1.59. The van der Waals surface area contributed by atoms with Crippen LogP contribution in [0.5, 0.6) is 0 Å². The summed E-state index contributed by atoms with van der Waals surface area (Å²) in [6, 6.07) is 29.0. The first-order chi connectivity index (χ1) is 16.7. The number of furan rings is 1. The zero-order chi connectivity index (χ0) is 23.8. The molecule has 1 heterocycles. The standard InChI is InChI=1S/C29H28O5/c1-21-25(17-30)28(34-27(21)24-15-9-4-10-16-24)29(33-19-23-13-7-3-8-14-23)26(31)20-32-18-22-11-5-2-6-12-22/h2-17,26,29,31H,18-20H2,1H3/t26-,29+/m1/s1. The fraction of sp³-hybridized carbons (Fsp3) is 0.207. The van der Waals surface area contributed by atoms with Gasteiger partial charge in [0.05, 0.1) is 25.4 Å². The first-order valence-electron chi connectivity index (χ1n) is 11.3. The van der Waals surface area contributed by atoms with Gasteiger partial charge < -0.3 is 19.0 Å². The van der Waals surface area contributed by atoms with E-state index in [1.807, 2.05) is 97.9 Å². The minimum atomic E-state index is -1.04. The molecule has 34 heavy (non-hydrogen) atoms. The van der Waals surface area contributed by atoms with Gasteiger partial charge in [-0.3, -0.25) is 4.79 Å². The van der Waals surface area contributed by atoms with E-state index in [4.69, 9.17) is 13.9 Å². The molecule has 4 aromatic rings. The van der Waals surface area contributed by atoms with Gasteiger partial charge in [-0.15, -0.1) is 0 Å². The van der Waals surface area contributed by atoms with Crippen molar-refractivity contribution < 1.29 is 23.8 Å². The second kappa shape index (κ2) is 11.6. The highest BCUT2D eigenvalue weighted by Gasteiger charge is 2.31. The number of benzene rings is 3. The average molecular weight is 457 g/mol. The summed E-state index contributed by atoms with van der Waals surface area (Å²) in [5.74, 6) is 0.890. The average Bonchev–Trinajstić information content (AvgIpc) is 3.21. The monoisotopic (exact) mass is 456 g/mol. The van der Waals surface area contributed by atoms with E-state index in [2.05, 4.69) is 0 Å². The molecule has 0 aliphatic rings. The van der Waals surface area contributed by atoms with Crippen LogP contribution in [0.25, 0.3) is 11.3 Å². The van der Waals surface area contributed by atoms with Crippen LogP contribution in [0.4, 0.5) is 0 Å². The van der Waals surface area contributed by atoms with E-state index in [1.165, 1.54) is 0 Å². The van der Waals surface area contributed by atoms with Crippen LogP contribution in [-0.2, 0) is 22.7 Å². The number of carbonyl (C=O) groups excluding carboxylic acids is 1. The Hall–Kier alpha value is -3.51. The smallest absolute Gasteiger partial charge is 0.153 e. The molecule has 0 amide bonds. The number of rotatable bonds is 11. The molecule has 5 heteroatoms. The topological polar surface area (TPSA) is 68.9 Å². The van der Waals surface area contributed by atoms with Gasteiger partial charge in [-0.2, -0.15) is 0 Å². The summed E-state index contributed by atoms with van der Waals surface area (Å²) in [4.78, 5) is 12.1. The van der Waals surface area contributed by atoms with Gasteiger partial charge in [0, 0.05) is 11.1 Å². The molecule has 0 spiro atoms. The Morgan fingerprint density at radius 2 is 1.41 bits per heavy atom. The Labute approximate surface area is 199 Å². The lowest BCUT2D eigenvalue weighted by Crippen LogP contribution is -2.27. The lowest BCUT2D eigenvalue weighted by molar-refractivity contribution is -0.0907. The van der Waals surface area contributed by atoms with Crippen molar-refractivity contribution in [2.45, 2.75) is 32.3 Å². The van der Waals surface area contributed by atoms with Crippen molar-refractivity contribution in [2.24, 2.45) is 0 Å². The third kappa shape index (κ3) is 5.69. The van der Waals surface area contributed by atoms with Gasteiger partial charge in [0.2, 0.25) is 0 Å². The SMILES string of the molecule is Cc1c(-c2ccccc2)oc([C@@H](OCc2ccccc2)[C@H](O)COCc2ccccc2)c1C=O. The second-order valence-corrected chi connectivity index (χ2v) is 8.10. The van der Waals surface area contributed by atoms with Crippen LogP contribution in [0.1, 0.15) is 38.9 Å². The molecule has 1 N–H and O–H groups in total. The number of hydrogen-bond acceptors (Lipinski definition) is 5. The van der Waals surface area contributed by atoms with Crippen molar-refractivity contribution in [3.05, 3.63) is 119 Å². The molecule has 0 bridgehead atoms. The first kappa shape index (κ1) is 23.6. The van der Waals surface area contributed by atoms with Crippen LogP contribution in [0.2, 0.25) is 0 Å². The van der Waals surface area contributed by atoms with Crippen molar-refractivity contribution in [1.29, 1.82) is 0 Å². The molecular formula is C29H28O5. The normalized spacial score (nSPS) is 12.9. The van der Waals surface area contributed by atoms with E-state index >= 15 is 0 Å². The highest BCUT2D eigenvalue weighted by molar-refractivity contribution is 5.83. The summed E-state index contributed by atoms with van der Waals surface area (Å²) in [5.41, 5.74) is 3.90. The minimum absolute atomic E-state index is 0.0209. The Morgan fingerprint density at radius 3 is 2.00 bits per heavy atom. The van der Waals surface area contributed by atoms with E-state index in [-0.39, 0.29) is 13.2 Å². The van der Waals surface area contributed by atoms with Gasteiger partial charge in [0.25, 0.3) is 0 Å². The minimum Gasteiger partial charge on any atom is -0.457 e. The maximum absolute atomic E-state index is 12.1. The van der Waals surface area contributed by atoms with Crippen LogP contribution in [0, 0.1) is 6.92 Å². The third-order valence-corrected chi connectivity index (χ3v) is 5.66. The molecule has 4 rings (SSSR count). The van der Waals surface area contributed by atoms with E-state index in [1.54, 1.807) is 0 Å². The molecule has 0 radical (unpaired) electrons. The number of aliphatic hydroxyl groups excluding tert-OH is 1. The first-order valence-corrected chi connectivity index (χ1v) is 11.3. The molecule has 0 fully saturated rings. The number of ether oxygens (including phenoxy) is 2. The summed E-state index contributed by atoms with van der Waals surface area (Å²) in [6.07, 6.45) is -1.16. The molecular weight excluding hydrogens is 428 g/mol. The molecule has 0 saturated carbocycles. The highest BCUT2D eigenvalue weighted by atomic mass is 16.5. The molecule has 0 aliphatic heterocycles. The van der Waals surface area contributed by atoms with Crippen LogP contribution in [0.15, 0.2) is 95.4 Å². The summed E-state index contributed by atoms with van der Waals surface area (Å²) < 4.78 is 18.1. The van der Waals surface area contributed by atoms with Gasteiger partial charge >= 0.3 is 0 Å². The van der Waals surface area contributed by atoms with Gasteiger partial charge in [-0.25, -0.2) is 0 Å². The summed E-state index contributed by atoms with van der Waals surface area (Å²) in [5, 5.41) is 11.1. The fourth-order valence-corrected chi connectivity index (χ4v) is 3.85.